The van der Waals surface area contributed by atoms with Gasteiger partial charge in [-0.2, -0.15) is 13.2 Å². The highest BCUT2D eigenvalue weighted by Crippen LogP contribution is 2.21. The van der Waals surface area contributed by atoms with Gasteiger partial charge in [-0.25, -0.2) is 0 Å². The summed E-state index contributed by atoms with van der Waals surface area (Å²) in [6.45, 7) is 4.22. The second-order valence-electron chi connectivity index (χ2n) is 4.75. The molecule has 108 valence electrons. The van der Waals surface area contributed by atoms with Crippen LogP contribution in [0.2, 0.25) is 0 Å². The Hall–Kier alpha value is -0.820. The van der Waals surface area contributed by atoms with E-state index in [1.54, 1.807) is 13.8 Å². The summed E-state index contributed by atoms with van der Waals surface area (Å²) in [6.07, 6.45) is -4.18. The summed E-state index contributed by atoms with van der Waals surface area (Å²) in [5.74, 6) is -1.06. The van der Waals surface area contributed by atoms with Crippen LogP contribution in [0.1, 0.15) is 27.2 Å². The fourth-order valence-electron chi connectivity index (χ4n) is 1.81. The van der Waals surface area contributed by atoms with Crippen LogP contribution < -0.4 is 5.32 Å². The van der Waals surface area contributed by atoms with Crippen LogP contribution in [0.25, 0.3) is 0 Å². The van der Waals surface area contributed by atoms with Crippen LogP contribution in [0.4, 0.5) is 13.2 Å². The number of nitrogens with one attached hydrogen (secondary N) is 1. The van der Waals surface area contributed by atoms with Crippen molar-refractivity contribution >= 4 is 5.97 Å². The van der Waals surface area contributed by atoms with E-state index in [-0.39, 0.29) is 6.42 Å². The van der Waals surface area contributed by atoms with Gasteiger partial charge >= 0.3 is 12.1 Å². The minimum atomic E-state index is -4.28. The van der Waals surface area contributed by atoms with Crippen molar-refractivity contribution < 1.29 is 23.1 Å². The molecule has 0 radical (unpaired) electrons. The molecule has 0 saturated heterocycles. The number of hydrogen-bond acceptors (Lipinski definition) is 3. The highest BCUT2D eigenvalue weighted by atomic mass is 19.4. The van der Waals surface area contributed by atoms with E-state index in [1.165, 1.54) is 14.0 Å². The second-order valence-corrected chi connectivity index (χ2v) is 4.75. The number of alkyl halides is 3. The lowest BCUT2D eigenvalue weighted by atomic mass is 9.93. The third-order valence-electron chi connectivity index (χ3n) is 2.92. The minimum Gasteiger partial charge on any atom is -0.480 e. The average Bonchev–Trinajstić information content (AvgIpc) is 2.14. The number of likely N-dealkylation sites (N-methyl/N-ethyl adjacent to an activating group) is 1. The maximum atomic E-state index is 12.2. The summed E-state index contributed by atoms with van der Waals surface area (Å²) in [4.78, 5) is 12.3. The Morgan fingerprint density at radius 1 is 1.44 bits per heavy atom. The summed E-state index contributed by atoms with van der Waals surface area (Å²) >= 11 is 0. The van der Waals surface area contributed by atoms with E-state index in [0.29, 0.717) is 6.54 Å². The molecule has 0 saturated carbocycles. The van der Waals surface area contributed by atoms with Crippen molar-refractivity contribution in [2.24, 2.45) is 0 Å². The number of carboxylic acids is 1. The molecular formula is C11H21F3N2O2. The predicted molar refractivity (Wildman–Crippen MR) is 62.5 cm³/mol. The zero-order chi connectivity index (χ0) is 14.6. The topological polar surface area (TPSA) is 52.6 Å². The first-order valence-corrected chi connectivity index (χ1v) is 5.77. The molecule has 2 N–H and O–H groups in total. The monoisotopic (exact) mass is 270 g/mol. The molecule has 0 aliphatic carbocycles. The molecule has 0 fully saturated rings. The van der Waals surface area contributed by atoms with Gasteiger partial charge in [-0.3, -0.25) is 9.69 Å². The van der Waals surface area contributed by atoms with Crippen molar-refractivity contribution in [1.82, 2.24) is 10.2 Å². The molecule has 0 aromatic rings. The normalized spacial score (nSPS) is 17.6. The van der Waals surface area contributed by atoms with Crippen LogP contribution in [0.5, 0.6) is 0 Å². The van der Waals surface area contributed by atoms with Gasteiger partial charge in [0.15, 0.2) is 0 Å². The lowest BCUT2D eigenvalue weighted by Crippen LogP contribution is -2.53. The molecule has 0 aromatic carbocycles. The Balaban J connectivity index is 4.60. The Morgan fingerprint density at radius 2 is 1.94 bits per heavy atom. The van der Waals surface area contributed by atoms with Crippen LogP contribution in [0, 0.1) is 0 Å². The lowest BCUT2D eigenvalue weighted by molar-refractivity contribution is -0.150. The van der Waals surface area contributed by atoms with Gasteiger partial charge in [-0.1, -0.05) is 6.92 Å². The van der Waals surface area contributed by atoms with E-state index in [4.69, 9.17) is 5.11 Å². The summed E-state index contributed by atoms with van der Waals surface area (Å²) in [5.41, 5.74) is -1.21. The summed E-state index contributed by atoms with van der Waals surface area (Å²) in [7, 11) is 1.34. The van der Waals surface area contributed by atoms with Crippen molar-refractivity contribution in [1.29, 1.82) is 0 Å². The highest BCUT2D eigenvalue weighted by Gasteiger charge is 2.37. The zero-order valence-corrected chi connectivity index (χ0v) is 11.1. The van der Waals surface area contributed by atoms with Gasteiger partial charge in [0.2, 0.25) is 0 Å². The Bertz CT molecular complexity index is 284. The van der Waals surface area contributed by atoms with Crippen LogP contribution in [-0.4, -0.2) is 53.9 Å². The molecule has 2 atom stereocenters. The summed E-state index contributed by atoms with van der Waals surface area (Å²) in [5, 5.41) is 11.9. The van der Waals surface area contributed by atoms with Crippen molar-refractivity contribution in [2.75, 3.05) is 20.1 Å². The molecule has 18 heavy (non-hydrogen) atoms. The number of hydrogen-bond donors (Lipinski definition) is 2. The molecule has 0 aliphatic heterocycles. The molecule has 0 amide bonds. The van der Waals surface area contributed by atoms with Gasteiger partial charge in [-0.15, -0.1) is 0 Å². The maximum absolute atomic E-state index is 12.2. The van der Waals surface area contributed by atoms with Gasteiger partial charge in [0.05, 0.1) is 6.54 Å². The molecule has 0 aromatic heterocycles. The van der Waals surface area contributed by atoms with Crippen LogP contribution in [-0.2, 0) is 4.79 Å². The number of rotatable bonds is 7. The van der Waals surface area contributed by atoms with Gasteiger partial charge in [0, 0.05) is 6.04 Å². The predicted octanol–water partition coefficient (Wildman–Crippen LogP) is 1.71. The van der Waals surface area contributed by atoms with E-state index in [2.05, 4.69) is 5.32 Å². The van der Waals surface area contributed by atoms with E-state index in [9.17, 15) is 18.0 Å². The molecule has 0 bridgehead atoms. The minimum absolute atomic E-state index is 0.1000. The standard InChI is InChI=1S/C11H21F3N2O2/c1-5-15-10(3,9(17)18)6-8(2)16(4)7-11(12,13)14/h8,15H,5-7H2,1-4H3,(H,17,18). The molecular weight excluding hydrogens is 249 g/mol. The Morgan fingerprint density at radius 3 is 2.28 bits per heavy atom. The van der Waals surface area contributed by atoms with Crippen molar-refractivity contribution in [2.45, 2.75) is 44.9 Å². The quantitative estimate of drug-likeness (QED) is 0.739. The maximum Gasteiger partial charge on any atom is 0.401 e. The van der Waals surface area contributed by atoms with Crippen LogP contribution in [0.3, 0.4) is 0 Å². The zero-order valence-electron chi connectivity index (χ0n) is 11.1. The first-order chi connectivity index (χ1) is 8.02. The molecule has 0 rings (SSSR count). The number of halogens is 3. The third kappa shape index (κ3) is 5.68. The first-order valence-electron chi connectivity index (χ1n) is 5.77. The molecule has 0 heterocycles. The molecule has 4 nitrogen and oxygen atoms in total. The van der Waals surface area contributed by atoms with Gasteiger partial charge in [0.1, 0.15) is 5.54 Å². The number of carboxylic acid groups (broad SMARTS) is 1. The third-order valence-corrected chi connectivity index (χ3v) is 2.92. The fraction of sp³-hybridized carbons (Fsp3) is 0.909. The molecule has 7 heteroatoms. The van der Waals surface area contributed by atoms with E-state index >= 15 is 0 Å². The first kappa shape index (κ1) is 17.2. The Kier molecular flexibility index (Phi) is 6.09. The summed E-state index contributed by atoms with van der Waals surface area (Å²) < 4.78 is 36.7. The largest absolute Gasteiger partial charge is 0.480 e. The van der Waals surface area contributed by atoms with Crippen molar-refractivity contribution in [3.8, 4) is 0 Å². The second kappa shape index (κ2) is 6.38. The van der Waals surface area contributed by atoms with Crippen LogP contribution >= 0.6 is 0 Å². The van der Waals surface area contributed by atoms with Gasteiger partial charge in [0.25, 0.3) is 0 Å². The van der Waals surface area contributed by atoms with Crippen LogP contribution in [0.15, 0.2) is 0 Å². The van der Waals surface area contributed by atoms with Gasteiger partial charge in [-0.05, 0) is 33.9 Å². The van der Waals surface area contributed by atoms with E-state index < -0.39 is 30.3 Å². The number of nitrogens with zero attached hydrogens (tertiary/aromatic N) is 1. The highest BCUT2D eigenvalue weighted by molar-refractivity contribution is 5.78. The number of carbonyl (C=O) groups is 1. The number of aliphatic carboxylic acids is 1. The SMILES string of the molecule is CCNC(C)(CC(C)N(C)CC(F)(F)F)C(=O)O. The molecule has 2 unspecified atom stereocenters. The summed E-state index contributed by atoms with van der Waals surface area (Å²) in [6, 6.07) is -0.494. The fourth-order valence-corrected chi connectivity index (χ4v) is 1.81. The molecule has 0 aliphatic rings. The van der Waals surface area contributed by atoms with Crippen molar-refractivity contribution in [3.05, 3.63) is 0 Å². The smallest absolute Gasteiger partial charge is 0.401 e. The van der Waals surface area contributed by atoms with E-state index in [1.807, 2.05) is 0 Å². The average molecular weight is 270 g/mol. The van der Waals surface area contributed by atoms with Crippen molar-refractivity contribution in [3.63, 3.8) is 0 Å². The van der Waals surface area contributed by atoms with E-state index in [0.717, 1.165) is 4.90 Å². The molecule has 0 spiro atoms. The Labute approximate surface area is 105 Å². The van der Waals surface area contributed by atoms with Gasteiger partial charge < -0.3 is 10.4 Å². The lowest BCUT2D eigenvalue weighted by Gasteiger charge is -2.33.